The van der Waals surface area contributed by atoms with Gasteiger partial charge < -0.3 is 40.1 Å². The number of rotatable bonds is 30. The fourth-order valence-corrected chi connectivity index (χ4v) is 8.60. The van der Waals surface area contributed by atoms with Gasteiger partial charge in [0.25, 0.3) is 0 Å². The van der Waals surface area contributed by atoms with Crippen molar-refractivity contribution in [3.8, 4) is 0 Å². The van der Waals surface area contributed by atoms with Crippen LogP contribution in [0.2, 0.25) is 0 Å². The van der Waals surface area contributed by atoms with E-state index in [1.165, 1.54) is 36.3 Å². The molecule has 0 unspecified atom stereocenters. The van der Waals surface area contributed by atoms with E-state index in [1.54, 1.807) is 70.6 Å². The number of hydrogen-bond acceptors (Lipinski definition) is 20. The number of nitrogens with zero attached hydrogens (tertiary/aromatic N) is 2. The van der Waals surface area contributed by atoms with Crippen LogP contribution in [0.4, 0.5) is 9.59 Å². The fourth-order valence-electron chi connectivity index (χ4n) is 1.58. The van der Waals surface area contributed by atoms with Gasteiger partial charge in [0, 0.05) is 25.4 Å². The van der Waals surface area contributed by atoms with E-state index < -0.39 is 12.2 Å². The zero-order chi connectivity index (χ0) is 29.9. The van der Waals surface area contributed by atoms with E-state index in [9.17, 15) is 9.59 Å². The molecule has 0 heterocycles. The van der Waals surface area contributed by atoms with E-state index >= 15 is 0 Å². The molecule has 0 aliphatic heterocycles. The van der Waals surface area contributed by atoms with E-state index in [0.29, 0.717) is 34.5 Å². The minimum atomic E-state index is -0.531. The number of thioether (sulfide) groups is 8. The summed E-state index contributed by atoms with van der Waals surface area (Å²) < 4.78 is 9.76. The van der Waals surface area contributed by atoms with Crippen molar-refractivity contribution >= 4 is 119 Å². The Balaban J connectivity index is 3.26. The van der Waals surface area contributed by atoms with Crippen LogP contribution in [-0.2, 0) is 29.0 Å². The highest BCUT2D eigenvalue weighted by Gasteiger charge is 2.02. The first-order chi connectivity index (χ1) is 20.2. The van der Waals surface area contributed by atoms with Crippen molar-refractivity contribution in [3.05, 3.63) is 0 Å². The van der Waals surface area contributed by atoms with Gasteiger partial charge in [0.05, 0.1) is 36.7 Å². The largest absolute Gasteiger partial charge is 0.447 e. The number of carbonyl (C=O) groups excluding carboxylic acids is 2. The topological polar surface area (TPSA) is 179 Å². The van der Waals surface area contributed by atoms with E-state index in [-0.39, 0.29) is 32.4 Å². The lowest BCUT2D eigenvalue weighted by molar-refractivity contribution is -0.221. The Labute approximate surface area is 274 Å². The summed E-state index contributed by atoms with van der Waals surface area (Å²) in [6.45, 7) is -0.189. The average Bonchev–Trinajstić information content (AvgIpc) is 2.97. The molecule has 0 aliphatic rings. The van der Waals surface area contributed by atoms with Gasteiger partial charge in [-0.15, -0.1) is 94.1 Å². The SMILES string of the molecule is O=C(NCSCSCSCN=COOCSCSCOC(=O)NCSCSCSCN=COOCCO)OCCO. The number of amides is 2. The van der Waals surface area contributed by atoms with Gasteiger partial charge in [-0.1, -0.05) is 0 Å². The second-order valence-corrected chi connectivity index (χ2v) is 15.6. The zero-order valence-corrected chi connectivity index (χ0v) is 28.6. The molecule has 0 saturated heterocycles. The summed E-state index contributed by atoms with van der Waals surface area (Å²) in [5.41, 5.74) is 0. The van der Waals surface area contributed by atoms with Crippen LogP contribution in [0.15, 0.2) is 9.98 Å². The normalized spacial score (nSPS) is 11.2. The van der Waals surface area contributed by atoms with Crippen molar-refractivity contribution in [1.82, 2.24) is 10.6 Å². The molecule has 4 N–H and O–H groups in total. The van der Waals surface area contributed by atoms with Gasteiger partial charge in [-0.25, -0.2) is 19.6 Å². The molecular formula is C19H36N4O10S8. The van der Waals surface area contributed by atoms with Crippen molar-refractivity contribution in [2.75, 3.05) is 87.2 Å². The maximum atomic E-state index is 11.6. The molecule has 14 nitrogen and oxygen atoms in total. The third-order valence-electron chi connectivity index (χ3n) is 3.08. The number of hydrogen-bond donors (Lipinski definition) is 4. The van der Waals surface area contributed by atoms with Crippen LogP contribution in [-0.4, -0.2) is 122 Å². The lowest BCUT2D eigenvalue weighted by Crippen LogP contribution is -2.24. The number of aliphatic imine (C=N–C) groups is 2. The predicted octanol–water partition coefficient (Wildman–Crippen LogP) is 3.77. The van der Waals surface area contributed by atoms with E-state index in [1.807, 2.05) is 0 Å². The molecule has 240 valence electrons. The Morgan fingerprint density at radius 1 is 0.610 bits per heavy atom. The van der Waals surface area contributed by atoms with Crippen LogP contribution >= 0.6 is 94.1 Å². The summed E-state index contributed by atoms with van der Waals surface area (Å²) in [5.74, 6) is 2.57. The van der Waals surface area contributed by atoms with Crippen molar-refractivity contribution in [2.45, 2.75) is 0 Å². The van der Waals surface area contributed by atoms with Crippen molar-refractivity contribution in [2.24, 2.45) is 9.98 Å². The van der Waals surface area contributed by atoms with E-state index in [4.69, 9.17) is 24.7 Å². The van der Waals surface area contributed by atoms with Crippen molar-refractivity contribution in [1.29, 1.82) is 0 Å². The van der Waals surface area contributed by atoms with Gasteiger partial charge in [0.1, 0.15) is 25.1 Å². The minimum Gasteiger partial charge on any atom is -0.447 e. The Hall–Kier alpha value is 0.120. The molecule has 0 aromatic heterocycles. The molecule has 0 radical (unpaired) electrons. The molecule has 0 aliphatic carbocycles. The molecule has 2 amide bonds. The van der Waals surface area contributed by atoms with Gasteiger partial charge in [0.15, 0.2) is 0 Å². The summed E-state index contributed by atoms with van der Waals surface area (Å²) in [7, 11) is 0. The number of aliphatic hydroxyl groups is 2. The number of alkyl carbamates (subject to hydrolysis) is 2. The monoisotopic (exact) mass is 736 g/mol. The molecule has 0 saturated carbocycles. The van der Waals surface area contributed by atoms with Crippen molar-refractivity contribution < 1.29 is 48.8 Å². The Morgan fingerprint density at radius 3 is 1.73 bits per heavy atom. The fraction of sp³-hybridized carbons (Fsp3) is 0.789. The van der Waals surface area contributed by atoms with Gasteiger partial charge in [0.2, 0.25) is 12.8 Å². The predicted molar refractivity (Wildman–Crippen MR) is 179 cm³/mol. The molecule has 0 aromatic rings. The van der Waals surface area contributed by atoms with Gasteiger partial charge >= 0.3 is 12.2 Å². The van der Waals surface area contributed by atoms with Gasteiger partial charge in [-0.2, -0.15) is 9.78 Å². The van der Waals surface area contributed by atoms with Gasteiger partial charge in [-0.3, -0.25) is 0 Å². The second kappa shape index (κ2) is 36.3. The Morgan fingerprint density at radius 2 is 1.12 bits per heavy atom. The molecule has 0 rings (SSSR count). The zero-order valence-electron chi connectivity index (χ0n) is 22.1. The summed E-state index contributed by atoms with van der Waals surface area (Å²) in [5, 5.41) is 26.3. The van der Waals surface area contributed by atoms with E-state index in [2.05, 4.69) is 35.1 Å². The van der Waals surface area contributed by atoms with Crippen LogP contribution in [0, 0.1) is 0 Å². The molecular weight excluding hydrogens is 701 g/mol. The summed E-state index contributed by atoms with van der Waals surface area (Å²) in [6.07, 6.45) is 1.48. The smallest absolute Gasteiger partial charge is 0.408 e. The summed E-state index contributed by atoms with van der Waals surface area (Å²) >= 11 is 12.7. The first-order valence-corrected chi connectivity index (χ1v) is 20.6. The highest BCUT2D eigenvalue weighted by atomic mass is 32.2. The molecule has 0 atom stereocenters. The third-order valence-corrected chi connectivity index (χ3v) is 11.7. The van der Waals surface area contributed by atoms with Crippen molar-refractivity contribution in [3.63, 3.8) is 0 Å². The maximum Gasteiger partial charge on any atom is 0.408 e. The molecule has 0 spiro atoms. The lowest BCUT2D eigenvalue weighted by Gasteiger charge is -2.06. The average molecular weight is 737 g/mol. The molecule has 0 aromatic carbocycles. The first-order valence-electron chi connectivity index (χ1n) is 11.4. The van der Waals surface area contributed by atoms with Crippen LogP contribution in [0.3, 0.4) is 0 Å². The molecule has 0 fully saturated rings. The molecule has 22 heteroatoms. The standard InChI is InChI=1S/C19H36N4O10S8/c24-1-3-28-18(26)22-9-36-15-40-14-35-8-21-6-32-33-12-39-17-38-11-29-19(27)23-10-37-16-41-13-34-7-20-5-31-30-4-2-25/h5-6,24-25H,1-4,7-17H2,(H,22,26)(H,23,27). The Bertz CT molecular complexity index is 665. The number of ether oxygens (including phenoxy) is 2. The number of aliphatic hydroxyl groups excluding tert-OH is 2. The summed E-state index contributed by atoms with van der Waals surface area (Å²) in [4.78, 5) is 49.8. The maximum absolute atomic E-state index is 11.6. The first kappa shape index (κ1) is 41.1. The molecule has 41 heavy (non-hydrogen) atoms. The van der Waals surface area contributed by atoms with Crippen LogP contribution in [0.5, 0.6) is 0 Å². The van der Waals surface area contributed by atoms with Gasteiger partial charge in [-0.05, 0) is 0 Å². The molecule has 0 bridgehead atoms. The van der Waals surface area contributed by atoms with E-state index in [0.717, 1.165) is 20.3 Å². The Kier molecular flexibility index (Phi) is 36.4. The number of nitrogens with one attached hydrogen (secondary N) is 2. The lowest BCUT2D eigenvalue weighted by atomic mass is 10.8. The second-order valence-electron chi connectivity index (χ2n) is 6.08. The quantitative estimate of drug-likeness (QED) is 0.0209. The minimum absolute atomic E-state index is 0.00457. The third kappa shape index (κ3) is 36.2. The van der Waals surface area contributed by atoms with Crippen LogP contribution in [0.25, 0.3) is 0 Å². The van der Waals surface area contributed by atoms with Crippen LogP contribution in [0.1, 0.15) is 0 Å². The highest BCUT2D eigenvalue weighted by Crippen LogP contribution is 2.18. The highest BCUT2D eigenvalue weighted by molar-refractivity contribution is 8.23. The number of carbonyl (C=O) groups is 2. The summed E-state index contributed by atoms with van der Waals surface area (Å²) in [6, 6.07) is 0. The van der Waals surface area contributed by atoms with Crippen LogP contribution < -0.4 is 10.6 Å².